The van der Waals surface area contributed by atoms with Crippen LogP contribution in [0.15, 0.2) is 41.0 Å². The maximum absolute atomic E-state index is 12.3. The molecule has 0 unspecified atom stereocenters. The largest absolute Gasteiger partial charge is 0.493 e. The minimum atomic E-state index is -0.566. The van der Waals surface area contributed by atoms with E-state index in [0.29, 0.717) is 39.9 Å². The number of hydrogen-bond donors (Lipinski definition) is 0. The SMILES string of the molecule is COc1ccc(/C=C2/N=C(c3cc(OC)c(OC)c(OC)c3)OC2=O)cc1OC. The van der Waals surface area contributed by atoms with Gasteiger partial charge in [-0.1, -0.05) is 6.07 Å². The second kappa shape index (κ2) is 8.55. The highest BCUT2D eigenvalue weighted by Gasteiger charge is 2.26. The lowest BCUT2D eigenvalue weighted by Gasteiger charge is -2.13. The van der Waals surface area contributed by atoms with E-state index in [-0.39, 0.29) is 11.6 Å². The molecule has 0 atom stereocenters. The molecule has 1 heterocycles. The van der Waals surface area contributed by atoms with Gasteiger partial charge in [-0.2, -0.15) is 0 Å². The van der Waals surface area contributed by atoms with Crippen LogP contribution in [-0.4, -0.2) is 47.4 Å². The van der Waals surface area contributed by atoms with E-state index in [4.69, 9.17) is 28.4 Å². The van der Waals surface area contributed by atoms with Crippen LogP contribution in [0.1, 0.15) is 11.1 Å². The second-order valence-electron chi connectivity index (χ2n) is 5.86. The number of hydrogen-bond acceptors (Lipinski definition) is 8. The van der Waals surface area contributed by atoms with Gasteiger partial charge in [0.05, 0.1) is 35.5 Å². The quantitative estimate of drug-likeness (QED) is 0.522. The molecule has 0 aromatic heterocycles. The average molecular weight is 399 g/mol. The van der Waals surface area contributed by atoms with Gasteiger partial charge in [-0.05, 0) is 35.9 Å². The number of esters is 1. The molecule has 3 rings (SSSR count). The Balaban J connectivity index is 1.99. The molecule has 152 valence electrons. The summed E-state index contributed by atoms with van der Waals surface area (Å²) in [6.07, 6.45) is 1.61. The molecule has 0 saturated heterocycles. The molecule has 2 aromatic carbocycles. The summed E-state index contributed by atoms with van der Waals surface area (Å²) in [6.45, 7) is 0. The lowest BCUT2D eigenvalue weighted by atomic mass is 10.1. The van der Waals surface area contributed by atoms with E-state index in [0.717, 1.165) is 0 Å². The first kappa shape index (κ1) is 20.1. The summed E-state index contributed by atoms with van der Waals surface area (Å²) in [4.78, 5) is 16.6. The zero-order chi connectivity index (χ0) is 21.0. The van der Waals surface area contributed by atoms with Crippen LogP contribution in [0, 0.1) is 0 Å². The van der Waals surface area contributed by atoms with E-state index in [1.54, 1.807) is 50.6 Å². The van der Waals surface area contributed by atoms with Crippen LogP contribution in [0.4, 0.5) is 0 Å². The Morgan fingerprint density at radius 3 is 1.97 bits per heavy atom. The third-order valence-corrected chi connectivity index (χ3v) is 4.24. The second-order valence-corrected chi connectivity index (χ2v) is 5.86. The Bertz CT molecular complexity index is 970. The number of aliphatic imine (C=N–C) groups is 1. The molecular weight excluding hydrogens is 378 g/mol. The van der Waals surface area contributed by atoms with Crippen molar-refractivity contribution in [3.8, 4) is 28.7 Å². The lowest BCUT2D eigenvalue weighted by Crippen LogP contribution is -2.06. The Morgan fingerprint density at radius 2 is 1.41 bits per heavy atom. The summed E-state index contributed by atoms with van der Waals surface area (Å²) in [7, 11) is 7.62. The monoisotopic (exact) mass is 399 g/mol. The number of cyclic esters (lactones) is 1. The molecule has 0 saturated carbocycles. The maximum Gasteiger partial charge on any atom is 0.363 e. The van der Waals surface area contributed by atoms with Crippen LogP contribution < -0.4 is 23.7 Å². The smallest absolute Gasteiger partial charge is 0.363 e. The third kappa shape index (κ3) is 3.96. The zero-order valence-corrected chi connectivity index (χ0v) is 16.8. The van der Waals surface area contributed by atoms with Crippen molar-refractivity contribution in [3.05, 3.63) is 47.2 Å². The highest BCUT2D eigenvalue weighted by molar-refractivity contribution is 6.13. The molecule has 0 spiro atoms. The number of ether oxygens (including phenoxy) is 6. The summed E-state index contributed by atoms with van der Waals surface area (Å²) in [6, 6.07) is 8.59. The number of carbonyl (C=O) groups excluding carboxylic acids is 1. The van der Waals surface area contributed by atoms with Crippen LogP contribution in [0.25, 0.3) is 6.08 Å². The number of nitrogens with zero attached hydrogens (tertiary/aromatic N) is 1. The maximum atomic E-state index is 12.3. The third-order valence-electron chi connectivity index (χ3n) is 4.24. The molecule has 0 N–H and O–H groups in total. The summed E-state index contributed by atoms with van der Waals surface area (Å²) in [5, 5.41) is 0. The number of carbonyl (C=O) groups is 1. The molecule has 1 aliphatic heterocycles. The van der Waals surface area contributed by atoms with Crippen molar-refractivity contribution in [2.24, 2.45) is 4.99 Å². The molecule has 1 aliphatic rings. The van der Waals surface area contributed by atoms with Crippen LogP contribution in [0.2, 0.25) is 0 Å². The van der Waals surface area contributed by atoms with E-state index >= 15 is 0 Å². The van der Waals surface area contributed by atoms with Gasteiger partial charge in [0.1, 0.15) is 0 Å². The molecule has 0 fully saturated rings. The van der Waals surface area contributed by atoms with E-state index in [1.165, 1.54) is 21.3 Å². The zero-order valence-electron chi connectivity index (χ0n) is 16.8. The topological polar surface area (TPSA) is 84.8 Å². The fourth-order valence-corrected chi connectivity index (χ4v) is 2.84. The van der Waals surface area contributed by atoms with Gasteiger partial charge in [-0.15, -0.1) is 0 Å². The van der Waals surface area contributed by atoms with E-state index < -0.39 is 5.97 Å². The average Bonchev–Trinajstić information content (AvgIpc) is 3.12. The van der Waals surface area contributed by atoms with Gasteiger partial charge in [0.2, 0.25) is 11.6 Å². The number of rotatable bonds is 7. The van der Waals surface area contributed by atoms with Crippen molar-refractivity contribution in [2.45, 2.75) is 0 Å². The van der Waals surface area contributed by atoms with E-state index in [1.807, 2.05) is 0 Å². The van der Waals surface area contributed by atoms with Crippen LogP contribution >= 0.6 is 0 Å². The molecule has 0 bridgehead atoms. The van der Waals surface area contributed by atoms with Crippen molar-refractivity contribution in [3.63, 3.8) is 0 Å². The fraction of sp³-hybridized carbons (Fsp3) is 0.238. The van der Waals surface area contributed by atoms with Crippen molar-refractivity contribution < 1.29 is 33.2 Å². The van der Waals surface area contributed by atoms with Gasteiger partial charge in [0.25, 0.3) is 0 Å². The Hall–Kier alpha value is -3.68. The minimum Gasteiger partial charge on any atom is -0.493 e. The molecule has 8 nitrogen and oxygen atoms in total. The highest BCUT2D eigenvalue weighted by atomic mass is 16.6. The van der Waals surface area contributed by atoms with Crippen molar-refractivity contribution in [1.29, 1.82) is 0 Å². The fourth-order valence-electron chi connectivity index (χ4n) is 2.84. The summed E-state index contributed by atoms with van der Waals surface area (Å²) in [5.41, 5.74) is 1.38. The molecular formula is C21H21NO7. The van der Waals surface area contributed by atoms with Gasteiger partial charge >= 0.3 is 5.97 Å². The van der Waals surface area contributed by atoms with Gasteiger partial charge in [-0.3, -0.25) is 0 Å². The number of benzene rings is 2. The normalized spacial score (nSPS) is 14.3. The highest BCUT2D eigenvalue weighted by Crippen LogP contribution is 2.39. The minimum absolute atomic E-state index is 0.140. The molecule has 0 aliphatic carbocycles. The molecule has 8 heteroatoms. The van der Waals surface area contributed by atoms with Crippen molar-refractivity contribution in [2.75, 3.05) is 35.5 Å². The van der Waals surface area contributed by atoms with Crippen LogP contribution in [0.3, 0.4) is 0 Å². The number of methoxy groups -OCH3 is 5. The molecule has 2 aromatic rings. The summed E-state index contributed by atoms with van der Waals surface area (Å²) in [5.74, 6) is 2.00. The predicted molar refractivity (Wildman–Crippen MR) is 106 cm³/mol. The first-order valence-electron chi connectivity index (χ1n) is 8.59. The van der Waals surface area contributed by atoms with Gasteiger partial charge in [0, 0.05) is 5.56 Å². The lowest BCUT2D eigenvalue weighted by molar-refractivity contribution is -0.129. The summed E-state index contributed by atoms with van der Waals surface area (Å²) >= 11 is 0. The van der Waals surface area contributed by atoms with E-state index in [2.05, 4.69) is 4.99 Å². The summed E-state index contributed by atoms with van der Waals surface area (Å²) < 4.78 is 31.8. The van der Waals surface area contributed by atoms with Gasteiger partial charge < -0.3 is 28.4 Å². The molecule has 0 radical (unpaired) electrons. The van der Waals surface area contributed by atoms with Gasteiger partial charge in [0.15, 0.2) is 28.7 Å². The Labute approximate surface area is 168 Å². The molecule has 29 heavy (non-hydrogen) atoms. The van der Waals surface area contributed by atoms with E-state index in [9.17, 15) is 4.79 Å². The first-order chi connectivity index (χ1) is 14.0. The van der Waals surface area contributed by atoms with Crippen LogP contribution in [0.5, 0.6) is 28.7 Å². The Morgan fingerprint density at radius 1 is 0.793 bits per heavy atom. The van der Waals surface area contributed by atoms with Crippen LogP contribution in [-0.2, 0) is 9.53 Å². The van der Waals surface area contributed by atoms with Gasteiger partial charge in [-0.25, -0.2) is 9.79 Å². The standard InChI is InChI=1S/C21H21NO7/c1-24-15-7-6-12(9-16(15)25-2)8-14-21(23)29-20(22-14)13-10-17(26-3)19(28-5)18(11-13)27-4/h6-11H,1-5H3/b14-8+. The first-order valence-corrected chi connectivity index (χ1v) is 8.59. The Kier molecular flexibility index (Phi) is 5.92. The predicted octanol–water partition coefficient (Wildman–Crippen LogP) is 3.07. The molecule has 0 amide bonds. The van der Waals surface area contributed by atoms with Crippen molar-refractivity contribution >= 4 is 17.9 Å². The van der Waals surface area contributed by atoms with Crippen molar-refractivity contribution in [1.82, 2.24) is 0 Å².